The van der Waals surface area contributed by atoms with Crippen LogP contribution in [0.25, 0.3) is 11.1 Å². The van der Waals surface area contributed by atoms with Crippen molar-refractivity contribution >= 4 is 11.6 Å². The van der Waals surface area contributed by atoms with E-state index in [1.54, 1.807) is 26.2 Å². The van der Waals surface area contributed by atoms with Gasteiger partial charge in [-0.15, -0.1) is 13.2 Å². The molecule has 4 rings (SSSR count). The Labute approximate surface area is 208 Å². The van der Waals surface area contributed by atoms with Crippen molar-refractivity contribution < 1.29 is 22.7 Å². The molecule has 1 aromatic heterocycles. The predicted octanol–water partition coefficient (Wildman–Crippen LogP) is 4.54. The van der Waals surface area contributed by atoms with E-state index < -0.39 is 12.4 Å². The number of piperazine rings is 1. The van der Waals surface area contributed by atoms with Crippen LogP contribution in [0.5, 0.6) is 5.75 Å². The second-order valence-electron chi connectivity index (χ2n) is 9.19. The van der Waals surface area contributed by atoms with Crippen LogP contribution in [0.4, 0.5) is 18.9 Å². The summed E-state index contributed by atoms with van der Waals surface area (Å²) < 4.78 is 44.7. The topological polar surface area (TPSA) is 62.6 Å². The second-order valence-corrected chi connectivity index (χ2v) is 9.19. The number of aromatic nitrogens is 2. The number of aryl methyl sites for hydroxylation is 2. The van der Waals surface area contributed by atoms with Crippen LogP contribution >= 0.6 is 0 Å². The average Bonchev–Trinajstić information content (AvgIpc) is 3.25. The van der Waals surface area contributed by atoms with Crippen LogP contribution in [0.3, 0.4) is 0 Å². The lowest BCUT2D eigenvalue weighted by molar-refractivity contribution is -0.274. The van der Waals surface area contributed by atoms with E-state index in [1.165, 1.54) is 23.0 Å². The summed E-state index contributed by atoms with van der Waals surface area (Å²) in [6, 6.07) is 9.81. The number of carbonyl (C=O) groups is 1. The van der Waals surface area contributed by atoms with Crippen molar-refractivity contribution in [3.05, 3.63) is 65.5 Å². The third kappa shape index (κ3) is 5.99. The summed E-state index contributed by atoms with van der Waals surface area (Å²) >= 11 is 0. The summed E-state index contributed by atoms with van der Waals surface area (Å²) in [5.41, 5.74) is 3.79. The Bertz CT molecular complexity index is 1230. The molecule has 1 saturated heterocycles. The number of ether oxygens (including phenoxy) is 1. The molecule has 7 nitrogen and oxygen atoms in total. The third-order valence-corrected chi connectivity index (χ3v) is 6.43. The number of carbonyl (C=O) groups excluding carboxylic acids is 1. The van der Waals surface area contributed by atoms with Crippen LogP contribution in [0.1, 0.15) is 34.5 Å². The zero-order valence-corrected chi connectivity index (χ0v) is 20.8. The molecule has 0 aliphatic carbocycles. The number of rotatable bonds is 6. The van der Waals surface area contributed by atoms with E-state index in [-0.39, 0.29) is 17.2 Å². The number of anilines is 1. The Kier molecular flexibility index (Phi) is 7.26. The molecular formula is C26H30F3N5O2. The minimum atomic E-state index is -4.83. The molecule has 10 heteroatoms. The van der Waals surface area contributed by atoms with Crippen molar-refractivity contribution in [2.24, 2.45) is 7.05 Å². The van der Waals surface area contributed by atoms with Gasteiger partial charge in [0.1, 0.15) is 5.75 Å². The minimum Gasteiger partial charge on any atom is -0.405 e. The Hall–Kier alpha value is -3.53. The Morgan fingerprint density at radius 1 is 1.08 bits per heavy atom. The molecule has 0 bridgehead atoms. The maximum Gasteiger partial charge on any atom is 0.573 e. The molecule has 192 valence electrons. The number of nitrogens with one attached hydrogen (secondary N) is 1. The number of alkyl halides is 3. The Balaban J connectivity index is 1.56. The molecule has 36 heavy (non-hydrogen) atoms. The maximum atomic E-state index is 13.2. The normalized spacial score (nSPS) is 15.6. The molecule has 0 unspecified atom stereocenters. The largest absolute Gasteiger partial charge is 0.573 e. The van der Waals surface area contributed by atoms with Gasteiger partial charge in [0.2, 0.25) is 0 Å². The summed E-state index contributed by atoms with van der Waals surface area (Å²) in [4.78, 5) is 17.8. The first-order chi connectivity index (χ1) is 17.0. The van der Waals surface area contributed by atoms with E-state index in [1.807, 2.05) is 25.1 Å². The highest BCUT2D eigenvalue weighted by Crippen LogP contribution is 2.36. The van der Waals surface area contributed by atoms with Gasteiger partial charge in [-0.05, 0) is 56.3 Å². The number of benzene rings is 2. The maximum absolute atomic E-state index is 13.2. The van der Waals surface area contributed by atoms with Crippen LogP contribution < -0.4 is 15.0 Å². The SMILES string of the molecule is Cc1ccc(N2CCN(C)CC2)cc1C(=O)N[C@H](C)c1ccc(OC(F)(F)F)c(-c2cnn(C)c2)c1. The zero-order valence-electron chi connectivity index (χ0n) is 20.8. The van der Waals surface area contributed by atoms with E-state index in [2.05, 4.69) is 32.0 Å². The lowest BCUT2D eigenvalue weighted by atomic mass is 10.00. The molecule has 1 atom stereocenters. The number of nitrogens with zero attached hydrogens (tertiary/aromatic N) is 4. The number of hydrogen-bond acceptors (Lipinski definition) is 5. The summed E-state index contributed by atoms with van der Waals surface area (Å²) in [7, 11) is 3.77. The fourth-order valence-electron chi connectivity index (χ4n) is 4.29. The van der Waals surface area contributed by atoms with E-state index >= 15 is 0 Å². The van der Waals surface area contributed by atoms with Gasteiger partial charge < -0.3 is 19.9 Å². The summed E-state index contributed by atoms with van der Waals surface area (Å²) in [6.45, 7) is 7.38. The smallest absolute Gasteiger partial charge is 0.405 e. The van der Waals surface area contributed by atoms with Crippen LogP contribution in [0.15, 0.2) is 48.8 Å². The first kappa shape index (κ1) is 25.6. The van der Waals surface area contributed by atoms with E-state index in [9.17, 15) is 18.0 Å². The molecule has 1 amide bonds. The molecule has 2 aromatic carbocycles. The molecule has 1 aliphatic rings. The van der Waals surface area contributed by atoms with Gasteiger partial charge in [0, 0.05) is 61.8 Å². The van der Waals surface area contributed by atoms with Gasteiger partial charge in [-0.3, -0.25) is 9.48 Å². The zero-order chi connectivity index (χ0) is 26.0. The van der Waals surface area contributed by atoms with Gasteiger partial charge in [-0.1, -0.05) is 12.1 Å². The van der Waals surface area contributed by atoms with E-state index in [4.69, 9.17) is 0 Å². The first-order valence-corrected chi connectivity index (χ1v) is 11.7. The third-order valence-electron chi connectivity index (χ3n) is 6.43. The van der Waals surface area contributed by atoms with Crippen molar-refractivity contribution in [3.63, 3.8) is 0 Å². The molecule has 0 saturated carbocycles. The van der Waals surface area contributed by atoms with Gasteiger partial charge in [0.05, 0.1) is 12.2 Å². The lowest BCUT2D eigenvalue weighted by Crippen LogP contribution is -2.44. The highest BCUT2D eigenvalue weighted by atomic mass is 19.4. The van der Waals surface area contributed by atoms with Crippen molar-refractivity contribution in [1.82, 2.24) is 20.0 Å². The summed E-state index contributed by atoms with van der Waals surface area (Å²) in [6.07, 6.45) is -1.75. The fraction of sp³-hybridized carbons (Fsp3) is 0.385. The monoisotopic (exact) mass is 501 g/mol. The van der Waals surface area contributed by atoms with Crippen LogP contribution in [0, 0.1) is 6.92 Å². The summed E-state index contributed by atoms with van der Waals surface area (Å²) in [5, 5.41) is 7.05. The Morgan fingerprint density at radius 3 is 2.44 bits per heavy atom. The lowest BCUT2D eigenvalue weighted by Gasteiger charge is -2.34. The first-order valence-electron chi connectivity index (χ1n) is 11.7. The van der Waals surface area contributed by atoms with Crippen LogP contribution in [-0.2, 0) is 7.05 Å². The van der Waals surface area contributed by atoms with Gasteiger partial charge in [-0.2, -0.15) is 5.10 Å². The standard InChI is InChI=1S/C26H30F3N5O2/c1-17-5-7-21(34-11-9-32(3)10-12-34)14-22(17)25(35)31-18(2)19-6-8-24(36-26(27,28)29)23(13-19)20-15-30-33(4)16-20/h5-8,13-16,18H,9-12H2,1-4H3,(H,31,35)/t18-/m1/s1. The molecule has 1 fully saturated rings. The second kappa shape index (κ2) is 10.2. The molecule has 1 aliphatic heterocycles. The van der Waals surface area contributed by atoms with Crippen LogP contribution in [0.2, 0.25) is 0 Å². The average molecular weight is 502 g/mol. The number of likely N-dealkylation sites (N-methyl/N-ethyl adjacent to an activating group) is 1. The molecule has 0 spiro atoms. The van der Waals surface area contributed by atoms with E-state index in [0.29, 0.717) is 16.7 Å². The number of amides is 1. The highest BCUT2D eigenvalue weighted by molar-refractivity contribution is 5.97. The molecule has 2 heterocycles. The molecular weight excluding hydrogens is 471 g/mol. The highest BCUT2D eigenvalue weighted by Gasteiger charge is 2.32. The van der Waals surface area contributed by atoms with Crippen molar-refractivity contribution in [2.75, 3.05) is 38.1 Å². The van der Waals surface area contributed by atoms with Gasteiger partial charge >= 0.3 is 6.36 Å². The van der Waals surface area contributed by atoms with Crippen LogP contribution in [-0.4, -0.2) is 60.2 Å². The molecule has 0 radical (unpaired) electrons. The van der Waals surface area contributed by atoms with E-state index in [0.717, 1.165) is 37.4 Å². The number of halogens is 3. The minimum absolute atomic E-state index is 0.241. The van der Waals surface area contributed by atoms with Crippen molar-refractivity contribution in [2.45, 2.75) is 26.3 Å². The number of hydrogen-bond donors (Lipinski definition) is 1. The van der Waals surface area contributed by atoms with Crippen molar-refractivity contribution in [1.29, 1.82) is 0 Å². The van der Waals surface area contributed by atoms with Gasteiger partial charge in [-0.25, -0.2) is 0 Å². The van der Waals surface area contributed by atoms with Gasteiger partial charge in [0.15, 0.2) is 0 Å². The quantitative estimate of drug-likeness (QED) is 0.538. The van der Waals surface area contributed by atoms with Crippen molar-refractivity contribution in [3.8, 4) is 16.9 Å². The predicted molar refractivity (Wildman–Crippen MR) is 132 cm³/mol. The Morgan fingerprint density at radius 2 is 1.81 bits per heavy atom. The molecule has 3 aromatic rings. The molecule has 1 N–H and O–H groups in total. The van der Waals surface area contributed by atoms with Gasteiger partial charge in [0.25, 0.3) is 5.91 Å². The fourth-order valence-corrected chi connectivity index (χ4v) is 4.29. The summed E-state index contributed by atoms with van der Waals surface area (Å²) in [5.74, 6) is -0.567.